The first-order valence-electron chi connectivity index (χ1n) is 18.9. The Morgan fingerprint density at radius 1 is 0.877 bits per heavy atom. The third kappa shape index (κ3) is 8.75. The molecule has 4 aliphatic heterocycles. The molecule has 0 aliphatic carbocycles. The number of anilines is 1. The Kier molecular flexibility index (Phi) is 12.7. The lowest BCUT2D eigenvalue weighted by Crippen LogP contribution is -2.51. The average molecular weight is 814 g/mol. The number of pyridine rings is 1. The van der Waals surface area contributed by atoms with Crippen LogP contribution in [0.15, 0.2) is 89.6 Å². The summed E-state index contributed by atoms with van der Waals surface area (Å²) in [4.78, 5) is 41.6. The number of aliphatic hydroxyl groups is 1. The van der Waals surface area contributed by atoms with Gasteiger partial charge in [-0.15, -0.1) is 0 Å². The van der Waals surface area contributed by atoms with Crippen LogP contribution in [-0.2, 0) is 4.74 Å². The first-order valence-corrected chi connectivity index (χ1v) is 21.2. The second-order valence-electron chi connectivity index (χ2n) is 14.1. The number of unbranched alkanes of at least 4 members (excludes halogenated alkanes) is 2. The highest BCUT2D eigenvalue weighted by molar-refractivity contribution is 8.76. The van der Waals surface area contributed by atoms with Crippen LogP contribution in [0.25, 0.3) is 5.70 Å². The molecule has 0 spiro atoms. The average Bonchev–Trinajstić information content (AvgIpc) is 3.75. The first-order chi connectivity index (χ1) is 27.7. The van der Waals surface area contributed by atoms with E-state index >= 15 is 0 Å². The van der Waals surface area contributed by atoms with Crippen molar-refractivity contribution >= 4 is 56.9 Å². The zero-order valence-electron chi connectivity index (χ0n) is 32.2. The molecule has 2 saturated heterocycles. The van der Waals surface area contributed by atoms with E-state index in [4.69, 9.17) is 28.7 Å². The Morgan fingerprint density at radius 2 is 1.58 bits per heavy atom. The van der Waals surface area contributed by atoms with Gasteiger partial charge in [0.2, 0.25) is 0 Å². The number of aliphatic imine (C=N–C) groups is 1. The van der Waals surface area contributed by atoms with E-state index in [1.54, 1.807) is 30.3 Å². The number of methoxy groups -OCH3 is 2. The number of carbonyl (C=O) groups excluding carboxylic acids is 2. The molecule has 7 rings (SSSR count). The lowest BCUT2D eigenvalue weighted by atomic mass is 10.1. The molecular formula is C42H47N5O8S2. The number of carbonyl (C=O) groups is 2. The first kappa shape index (κ1) is 40.1. The molecule has 57 heavy (non-hydrogen) atoms. The standard InChI is InChI=1S/C42H47N5O8S2/c1-26-17-29-23-44-32-21-37(35(51-4)19-30(32)28(3)45(29)24-26)53-13-9-6-10-14-54-38-22-33-31(20-36(38)52-5)40(48)46-25-27(2)18-34(46)41(49)47(33)42(50)55-15-16-56-57-39-11-7-8-12-43-39/h7-8,11-12,19-23,29,34,41,49H,1-3,6,9-10,13-18,24-25H2,4-5H3/t29-,34-,41-/m0/s1. The molecule has 0 radical (unpaired) electrons. The zero-order valence-corrected chi connectivity index (χ0v) is 33.8. The van der Waals surface area contributed by atoms with Gasteiger partial charge in [-0.2, -0.15) is 0 Å². The number of nitrogens with zero attached hydrogens (tertiary/aromatic N) is 5. The van der Waals surface area contributed by atoms with E-state index < -0.39 is 18.4 Å². The van der Waals surface area contributed by atoms with E-state index in [2.05, 4.69) is 29.6 Å². The quantitative estimate of drug-likeness (QED) is 0.0924. The van der Waals surface area contributed by atoms with E-state index in [9.17, 15) is 14.7 Å². The Bertz CT molecular complexity index is 2060. The van der Waals surface area contributed by atoms with Gasteiger partial charge in [-0.25, -0.2) is 14.7 Å². The predicted octanol–water partition coefficient (Wildman–Crippen LogP) is 7.53. The molecule has 5 heterocycles. The van der Waals surface area contributed by atoms with Crippen LogP contribution in [-0.4, -0.2) is 109 Å². The fourth-order valence-electron chi connectivity index (χ4n) is 7.40. The van der Waals surface area contributed by atoms with Crippen molar-refractivity contribution in [3.63, 3.8) is 0 Å². The number of aliphatic hydroxyl groups excluding tert-OH is 1. The summed E-state index contributed by atoms with van der Waals surface area (Å²) in [5.74, 6) is 2.04. The molecule has 0 saturated carbocycles. The second kappa shape index (κ2) is 18.0. The molecule has 13 nitrogen and oxygen atoms in total. The van der Waals surface area contributed by atoms with Crippen LogP contribution in [0.2, 0.25) is 0 Å². The maximum atomic E-state index is 13.9. The molecule has 1 N–H and O–H groups in total. The number of aromatic nitrogens is 1. The van der Waals surface area contributed by atoms with Gasteiger partial charge in [0.05, 0.1) is 56.5 Å². The summed E-state index contributed by atoms with van der Waals surface area (Å²) in [7, 11) is 6.09. The van der Waals surface area contributed by atoms with Gasteiger partial charge in [0, 0.05) is 54.6 Å². The van der Waals surface area contributed by atoms with Crippen LogP contribution in [0.3, 0.4) is 0 Å². The predicted molar refractivity (Wildman–Crippen MR) is 223 cm³/mol. The van der Waals surface area contributed by atoms with Crippen LogP contribution in [0.1, 0.15) is 48.0 Å². The molecule has 15 heteroatoms. The van der Waals surface area contributed by atoms with Crippen LogP contribution >= 0.6 is 21.6 Å². The molecule has 2 amide bonds. The topological polar surface area (TPSA) is 135 Å². The van der Waals surface area contributed by atoms with Crippen LogP contribution < -0.4 is 23.8 Å². The molecule has 2 aromatic carbocycles. The maximum absolute atomic E-state index is 13.9. The third-order valence-corrected chi connectivity index (χ3v) is 12.5. The monoisotopic (exact) mass is 813 g/mol. The van der Waals surface area contributed by atoms with E-state index in [0.29, 0.717) is 54.8 Å². The van der Waals surface area contributed by atoms with Crippen molar-refractivity contribution in [2.24, 2.45) is 4.99 Å². The number of fused-ring (bicyclic) bond motifs is 4. The summed E-state index contributed by atoms with van der Waals surface area (Å²) in [6.45, 7) is 14.4. The zero-order chi connectivity index (χ0) is 40.1. The van der Waals surface area contributed by atoms with Crippen LogP contribution in [0.4, 0.5) is 16.2 Å². The van der Waals surface area contributed by atoms with Gasteiger partial charge in [0.25, 0.3) is 5.91 Å². The van der Waals surface area contributed by atoms with Crippen molar-refractivity contribution in [3.05, 3.63) is 90.7 Å². The molecule has 3 atom stereocenters. The fraction of sp³-hybridized carbons (Fsp3) is 0.381. The summed E-state index contributed by atoms with van der Waals surface area (Å²) in [6, 6.07) is 12.1. The number of amides is 2. The van der Waals surface area contributed by atoms with Gasteiger partial charge in [-0.1, -0.05) is 47.7 Å². The Morgan fingerprint density at radius 3 is 2.30 bits per heavy atom. The minimum Gasteiger partial charge on any atom is -0.493 e. The minimum atomic E-state index is -1.37. The lowest BCUT2D eigenvalue weighted by molar-refractivity contribution is 0.0493. The summed E-state index contributed by atoms with van der Waals surface area (Å²) in [5, 5.41) is 12.5. The van der Waals surface area contributed by atoms with E-state index in [0.717, 1.165) is 63.8 Å². The Hall–Kier alpha value is -5.12. The fourth-order valence-corrected chi connectivity index (χ4v) is 9.10. The largest absolute Gasteiger partial charge is 0.493 e. The maximum Gasteiger partial charge on any atom is 0.416 e. The molecular weight excluding hydrogens is 767 g/mol. The lowest BCUT2D eigenvalue weighted by Gasteiger charge is -2.31. The summed E-state index contributed by atoms with van der Waals surface area (Å²) >= 11 is 0. The molecule has 0 bridgehead atoms. The molecule has 0 unspecified atom stereocenters. The second-order valence-corrected chi connectivity index (χ2v) is 16.5. The van der Waals surface area contributed by atoms with Gasteiger partial charge in [-0.3, -0.25) is 9.79 Å². The Balaban J connectivity index is 0.972. The SMILES string of the molecule is C=C1C[C@H]2C=Nc3cc(OCCCCCOc4cc5c(cc4OC)C(=O)N4CC(=C)C[C@H]4[C@H](O)N5C(=O)OCCSSc4ccccn4)c(OC)cc3C(=C)N2C1. The number of benzene rings is 2. The smallest absolute Gasteiger partial charge is 0.416 e. The highest BCUT2D eigenvalue weighted by atomic mass is 33.1. The van der Waals surface area contributed by atoms with Gasteiger partial charge in [-0.05, 0) is 67.2 Å². The molecule has 300 valence electrons. The number of ether oxygens (including phenoxy) is 5. The van der Waals surface area contributed by atoms with Crippen LogP contribution in [0, 0.1) is 0 Å². The third-order valence-electron chi connectivity index (χ3n) is 10.2. The van der Waals surface area contributed by atoms with E-state index in [1.807, 2.05) is 36.5 Å². The van der Waals surface area contributed by atoms with Crippen molar-refractivity contribution < 1.29 is 38.4 Å². The van der Waals surface area contributed by atoms with E-state index in [1.165, 1.54) is 28.7 Å². The minimum absolute atomic E-state index is 0.0824. The van der Waals surface area contributed by atoms with Crippen molar-refractivity contribution in [3.8, 4) is 23.0 Å². The molecule has 2 fully saturated rings. The molecule has 3 aromatic rings. The van der Waals surface area contributed by atoms with Crippen molar-refractivity contribution in [1.82, 2.24) is 14.8 Å². The normalized spacial score (nSPS) is 19.7. The van der Waals surface area contributed by atoms with Crippen molar-refractivity contribution in [1.29, 1.82) is 0 Å². The molecule has 4 aliphatic rings. The number of hydrogen-bond donors (Lipinski definition) is 1. The van der Waals surface area contributed by atoms with Gasteiger partial charge in [0.1, 0.15) is 11.6 Å². The summed E-state index contributed by atoms with van der Waals surface area (Å²) < 4.78 is 29.4. The van der Waals surface area contributed by atoms with E-state index in [-0.39, 0.29) is 36.4 Å². The van der Waals surface area contributed by atoms with Crippen LogP contribution in [0.5, 0.6) is 23.0 Å². The summed E-state index contributed by atoms with van der Waals surface area (Å²) in [6.07, 6.45) is 4.98. The molecule has 1 aromatic heterocycles. The Labute approximate surface area is 340 Å². The van der Waals surface area contributed by atoms with Crippen molar-refractivity contribution in [2.45, 2.75) is 55.4 Å². The number of rotatable bonds is 15. The van der Waals surface area contributed by atoms with Gasteiger partial charge in [0.15, 0.2) is 29.2 Å². The highest BCUT2D eigenvalue weighted by Crippen LogP contribution is 2.44. The number of hydrogen-bond acceptors (Lipinski definition) is 13. The van der Waals surface area contributed by atoms with Gasteiger partial charge < -0.3 is 38.6 Å². The highest BCUT2D eigenvalue weighted by Gasteiger charge is 2.46. The summed E-state index contributed by atoms with van der Waals surface area (Å²) in [5.41, 5.74) is 4.93. The van der Waals surface area contributed by atoms with Gasteiger partial charge >= 0.3 is 6.09 Å². The van der Waals surface area contributed by atoms with Crippen molar-refractivity contribution in [2.75, 3.05) is 57.8 Å².